The van der Waals surface area contributed by atoms with Crippen LogP contribution in [0, 0.1) is 12.7 Å². The highest BCUT2D eigenvalue weighted by molar-refractivity contribution is 7.17. The van der Waals surface area contributed by atoms with Gasteiger partial charge in [0.15, 0.2) is 0 Å². The Kier molecular flexibility index (Phi) is 6.46. The first kappa shape index (κ1) is 19.6. The second kappa shape index (κ2) is 8.57. The highest BCUT2D eigenvalue weighted by atomic mass is 32.1. The smallest absolute Gasteiger partial charge is 0.341 e. The molecule has 0 saturated carbocycles. The minimum absolute atomic E-state index is 0.156. The quantitative estimate of drug-likeness (QED) is 0.713. The Morgan fingerprint density at radius 3 is 2.42 bits per heavy atom. The van der Waals surface area contributed by atoms with Crippen molar-refractivity contribution in [3.8, 4) is 11.1 Å². The van der Waals surface area contributed by atoms with Crippen molar-refractivity contribution in [2.75, 3.05) is 11.9 Å². The average Bonchev–Trinajstić information content (AvgIpc) is 2.90. The number of aryl methyl sites for hydroxylation is 1. The minimum atomic E-state index is -1.08. The van der Waals surface area contributed by atoms with E-state index >= 15 is 0 Å². The number of nitrogens with one attached hydrogen (secondary N) is 1. The molecule has 138 valence electrons. The molecule has 0 radical (unpaired) electrons. The maximum atomic E-state index is 13.2. The molecule has 2 aromatic rings. The second-order valence-corrected chi connectivity index (χ2v) is 6.63. The molecular formula is C18H18FNO5S. The van der Waals surface area contributed by atoms with E-state index < -0.39 is 23.7 Å². The molecule has 0 aliphatic carbocycles. The summed E-state index contributed by atoms with van der Waals surface area (Å²) in [5, 5.41) is 11.6. The van der Waals surface area contributed by atoms with E-state index in [1.54, 1.807) is 26.0 Å². The van der Waals surface area contributed by atoms with Gasteiger partial charge in [-0.05, 0) is 31.5 Å². The summed E-state index contributed by atoms with van der Waals surface area (Å²) in [6.45, 7) is 3.60. The summed E-state index contributed by atoms with van der Waals surface area (Å²) >= 11 is 1.18. The fourth-order valence-corrected chi connectivity index (χ4v) is 3.48. The van der Waals surface area contributed by atoms with Gasteiger partial charge in [0, 0.05) is 16.9 Å². The monoisotopic (exact) mass is 379 g/mol. The Labute approximate surface area is 153 Å². The molecule has 0 spiro atoms. The van der Waals surface area contributed by atoms with E-state index in [9.17, 15) is 18.8 Å². The van der Waals surface area contributed by atoms with Crippen molar-refractivity contribution < 1.29 is 28.6 Å². The number of halogens is 1. The third-order valence-electron chi connectivity index (χ3n) is 3.52. The van der Waals surface area contributed by atoms with Crippen LogP contribution >= 0.6 is 11.3 Å². The average molecular weight is 379 g/mol. The summed E-state index contributed by atoms with van der Waals surface area (Å²) in [4.78, 5) is 35.8. The third kappa shape index (κ3) is 4.66. The number of carbonyl (C=O) groups is 3. The third-order valence-corrected chi connectivity index (χ3v) is 4.54. The van der Waals surface area contributed by atoms with Crippen molar-refractivity contribution in [1.29, 1.82) is 0 Å². The van der Waals surface area contributed by atoms with Gasteiger partial charge in [-0.2, -0.15) is 0 Å². The molecule has 0 saturated heterocycles. The molecule has 0 fully saturated rings. The zero-order chi connectivity index (χ0) is 19.3. The Morgan fingerprint density at radius 1 is 1.19 bits per heavy atom. The number of carbonyl (C=O) groups excluding carboxylic acids is 2. The van der Waals surface area contributed by atoms with Gasteiger partial charge in [0.25, 0.3) is 0 Å². The van der Waals surface area contributed by atoms with Gasteiger partial charge in [-0.25, -0.2) is 9.18 Å². The van der Waals surface area contributed by atoms with Crippen LogP contribution in [-0.4, -0.2) is 29.6 Å². The van der Waals surface area contributed by atoms with Crippen LogP contribution in [0.3, 0.4) is 0 Å². The molecule has 1 aromatic heterocycles. The van der Waals surface area contributed by atoms with Gasteiger partial charge >= 0.3 is 11.9 Å². The van der Waals surface area contributed by atoms with Crippen LogP contribution in [0.25, 0.3) is 11.1 Å². The summed E-state index contributed by atoms with van der Waals surface area (Å²) in [7, 11) is 0. The normalized spacial score (nSPS) is 10.4. The molecular weight excluding hydrogens is 361 g/mol. The van der Waals surface area contributed by atoms with Crippen LogP contribution in [-0.2, 0) is 14.3 Å². The lowest BCUT2D eigenvalue weighted by molar-refractivity contribution is -0.138. The van der Waals surface area contributed by atoms with E-state index in [0.717, 1.165) is 4.88 Å². The number of benzene rings is 1. The second-order valence-electron chi connectivity index (χ2n) is 5.41. The van der Waals surface area contributed by atoms with Crippen LogP contribution in [0.5, 0.6) is 0 Å². The van der Waals surface area contributed by atoms with Crippen molar-refractivity contribution in [2.24, 2.45) is 0 Å². The standard InChI is InChI=1S/C18H18FNO5S/c1-3-25-18(24)16-15(11-4-6-12(19)7-5-11)10(2)26-17(16)20-13(21)8-9-14(22)23/h4-7H,3,8-9H2,1-2H3,(H,20,21)(H,22,23). The molecule has 1 amide bonds. The summed E-state index contributed by atoms with van der Waals surface area (Å²) in [6.07, 6.45) is -0.518. The first-order valence-electron chi connectivity index (χ1n) is 7.91. The Balaban J connectivity index is 2.43. The number of aliphatic carboxylic acids is 1. The van der Waals surface area contributed by atoms with Crippen molar-refractivity contribution in [3.63, 3.8) is 0 Å². The predicted molar refractivity (Wildman–Crippen MR) is 95.9 cm³/mol. The zero-order valence-electron chi connectivity index (χ0n) is 14.3. The molecule has 0 aliphatic rings. The van der Waals surface area contributed by atoms with Gasteiger partial charge in [-0.1, -0.05) is 12.1 Å². The molecule has 0 aliphatic heterocycles. The topological polar surface area (TPSA) is 92.7 Å². The van der Waals surface area contributed by atoms with Gasteiger partial charge < -0.3 is 15.2 Å². The highest BCUT2D eigenvalue weighted by Gasteiger charge is 2.25. The first-order chi connectivity index (χ1) is 12.3. The van der Waals surface area contributed by atoms with Gasteiger partial charge in [0.2, 0.25) is 5.91 Å². The number of hydrogen-bond donors (Lipinski definition) is 2. The first-order valence-corrected chi connectivity index (χ1v) is 8.73. The molecule has 0 bridgehead atoms. The van der Waals surface area contributed by atoms with E-state index in [0.29, 0.717) is 11.1 Å². The lowest BCUT2D eigenvalue weighted by Gasteiger charge is -2.09. The van der Waals surface area contributed by atoms with E-state index in [1.165, 1.54) is 23.5 Å². The number of carboxylic acids is 1. The number of ether oxygens (including phenoxy) is 1. The number of esters is 1. The largest absolute Gasteiger partial charge is 0.481 e. The lowest BCUT2D eigenvalue weighted by atomic mass is 10.0. The van der Waals surface area contributed by atoms with Crippen molar-refractivity contribution in [1.82, 2.24) is 0 Å². The number of hydrogen-bond acceptors (Lipinski definition) is 5. The number of carboxylic acid groups (broad SMARTS) is 1. The molecule has 1 aromatic carbocycles. The Morgan fingerprint density at radius 2 is 1.85 bits per heavy atom. The Bertz CT molecular complexity index is 829. The van der Waals surface area contributed by atoms with Crippen LogP contribution in [0.1, 0.15) is 35.0 Å². The number of thiophene rings is 1. The summed E-state index contributed by atoms with van der Waals surface area (Å²) in [5.74, 6) is -2.60. The molecule has 0 unspecified atom stereocenters. The molecule has 0 atom stereocenters. The molecule has 26 heavy (non-hydrogen) atoms. The SMILES string of the molecule is CCOC(=O)c1c(NC(=O)CCC(=O)O)sc(C)c1-c1ccc(F)cc1. The van der Waals surface area contributed by atoms with Crippen LogP contribution in [0.15, 0.2) is 24.3 Å². The van der Waals surface area contributed by atoms with Gasteiger partial charge in [0.05, 0.1) is 13.0 Å². The van der Waals surface area contributed by atoms with Crippen molar-refractivity contribution in [2.45, 2.75) is 26.7 Å². The predicted octanol–water partition coefficient (Wildman–Crippen LogP) is 3.84. The molecule has 6 nitrogen and oxygen atoms in total. The number of amides is 1. The Hall–Kier alpha value is -2.74. The zero-order valence-corrected chi connectivity index (χ0v) is 15.1. The van der Waals surface area contributed by atoms with E-state index in [1.807, 2.05) is 0 Å². The summed E-state index contributed by atoms with van der Waals surface area (Å²) in [6, 6.07) is 5.66. The molecule has 2 N–H and O–H groups in total. The molecule has 2 rings (SSSR count). The van der Waals surface area contributed by atoms with Crippen molar-refractivity contribution >= 4 is 34.2 Å². The van der Waals surface area contributed by atoms with Crippen LogP contribution in [0.4, 0.5) is 9.39 Å². The highest BCUT2D eigenvalue weighted by Crippen LogP contribution is 2.40. The van der Waals surface area contributed by atoms with Gasteiger partial charge in [-0.3, -0.25) is 9.59 Å². The maximum Gasteiger partial charge on any atom is 0.341 e. The van der Waals surface area contributed by atoms with Gasteiger partial charge in [-0.15, -0.1) is 11.3 Å². The number of anilines is 1. The molecule has 1 heterocycles. The number of rotatable bonds is 7. The lowest BCUT2D eigenvalue weighted by Crippen LogP contribution is -2.15. The minimum Gasteiger partial charge on any atom is -0.481 e. The van der Waals surface area contributed by atoms with Gasteiger partial charge in [0.1, 0.15) is 16.4 Å². The summed E-state index contributed by atoms with van der Waals surface area (Å²) in [5.41, 5.74) is 1.36. The summed E-state index contributed by atoms with van der Waals surface area (Å²) < 4.78 is 18.3. The van der Waals surface area contributed by atoms with E-state index in [-0.39, 0.29) is 30.0 Å². The van der Waals surface area contributed by atoms with Crippen LogP contribution < -0.4 is 5.32 Å². The fourth-order valence-electron chi connectivity index (χ4n) is 2.40. The van der Waals surface area contributed by atoms with E-state index in [4.69, 9.17) is 9.84 Å². The fraction of sp³-hybridized carbons (Fsp3) is 0.278. The van der Waals surface area contributed by atoms with Crippen molar-refractivity contribution in [3.05, 3.63) is 40.5 Å². The van der Waals surface area contributed by atoms with Crippen LogP contribution in [0.2, 0.25) is 0 Å². The maximum absolute atomic E-state index is 13.2. The van der Waals surface area contributed by atoms with E-state index in [2.05, 4.69) is 5.32 Å². The molecule has 8 heteroatoms.